The molecule has 2 aromatic carbocycles. The molecule has 9 nitrogen and oxygen atoms in total. The lowest BCUT2D eigenvalue weighted by Crippen LogP contribution is -2.26. The van der Waals surface area contributed by atoms with Gasteiger partial charge in [-0.1, -0.05) is 0 Å². The van der Waals surface area contributed by atoms with Crippen molar-refractivity contribution in [3.63, 3.8) is 0 Å². The number of nitrogens with one attached hydrogen (secondary N) is 1. The van der Waals surface area contributed by atoms with Crippen molar-refractivity contribution in [2.75, 3.05) is 13.7 Å². The SMILES string of the molecule is CCOC(=O)C(C)Oc1ccc(-c2nc3c(cnn3-c3ccc(OC)cc3)c(=O)[nH]2)cc1. The topological polar surface area (TPSA) is 108 Å². The molecule has 0 aliphatic carbocycles. The van der Waals surface area contributed by atoms with E-state index in [0.717, 1.165) is 11.4 Å². The van der Waals surface area contributed by atoms with Gasteiger partial charge in [0, 0.05) is 5.56 Å². The van der Waals surface area contributed by atoms with E-state index in [0.29, 0.717) is 34.8 Å². The van der Waals surface area contributed by atoms with Gasteiger partial charge >= 0.3 is 5.97 Å². The second-order valence-corrected chi connectivity index (χ2v) is 6.94. The van der Waals surface area contributed by atoms with Gasteiger partial charge in [0.05, 0.1) is 25.6 Å². The van der Waals surface area contributed by atoms with Crippen LogP contribution in [-0.2, 0) is 9.53 Å². The number of fused-ring (bicyclic) bond motifs is 1. The van der Waals surface area contributed by atoms with Crippen LogP contribution in [0.1, 0.15) is 13.8 Å². The van der Waals surface area contributed by atoms with E-state index in [1.807, 2.05) is 24.3 Å². The molecule has 32 heavy (non-hydrogen) atoms. The molecular formula is C23H22N4O5. The smallest absolute Gasteiger partial charge is 0.347 e. The Hall–Kier alpha value is -4.14. The zero-order valence-electron chi connectivity index (χ0n) is 17.9. The van der Waals surface area contributed by atoms with E-state index in [9.17, 15) is 9.59 Å². The van der Waals surface area contributed by atoms with Crippen molar-refractivity contribution in [2.24, 2.45) is 0 Å². The van der Waals surface area contributed by atoms with Crippen LogP contribution in [0, 0.1) is 0 Å². The minimum atomic E-state index is -0.728. The fourth-order valence-electron chi connectivity index (χ4n) is 3.17. The summed E-state index contributed by atoms with van der Waals surface area (Å²) >= 11 is 0. The summed E-state index contributed by atoms with van der Waals surface area (Å²) in [6, 6.07) is 14.2. The van der Waals surface area contributed by atoms with Gasteiger partial charge in [0.1, 0.15) is 22.7 Å². The number of H-pyrrole nitrogens is 1. The molecule has 0 saturated carbocycles. The zero-order valence-corrected chi connectivity index (χ0v) is 17.9. The van der Waals surface area contributed by atoms with E-state index in [4.69, 9.17) is 14.2 Å². The van der Waals surface area contributed by atoms with Crippen molar-refractivity contribution >= 4 is 17.0 Å². The number of hydrogen-bond acceptors (Lipinski definition) is 7. The summed E-state index contributed by atoms with van der Waals surface area (Å²) in [5, 5.41) is 4.71. The quantitative estimate of drug-likeness (QED) is 0.445. The molecule has 0 saturated heterocycles. The van der Waals surface area contributed by atoms with Crippen LogP contribution >= 0.6 is 0 Å². The highest BCUT2D eigenvalue weighted by molar-refractivity contribution is 5.77. The Bertz CT molecular complexity index is 1290. The molecule has 0 aliphatic rings. The molecule has 0 spiro atoms. The second kappa shape index (κ2) is 8.93. The van der Waals surface area contributed by atoms with Crippen LogP contribution < -0.4 is 15.0 Å². The monoisotopic (exact) mass is 434 g/mol. The van der Waals surface area contributed by atoms with Gasteiger partial charge in [-0.25, -0.2) is 14.5 Å². The third-order valence-corrected chi connectivity index (χ3v) is 4.81. The summed E-state index contributed by atoms with van der Waals surface area (Å²) in [5.74, 6) is 1.18. The number of methoxy groups -OCH3 is 1. The Morgan fingerprint density at radius 3 is 2.44 bits per heavy atom. The first kappa shape index (κ1) is 21.1. The number of carbonyl (C=O) groups excluding carboxylic acids is 1. The predicted molar refractivity (Wildman–Crippen MR) is 118 cm³/mol. The molecule has 164 valence electrons. The molecule has 0 radical (unpaired) electrons. The highest BCUT2D eigenvalue weighted by Crippen LogP contribution is 2.23. The minimum absolute atomic E-state index is 0.291. The number of benzene rings is 2. The lowest BCUT2D eigenvalue weighted by Gasteiger charge is -2.13. The Labute approximate surface area is 183 Å². The molecule has 9 heteroatoms. The third-order valence-electron chi connectivity index (χ3n) is 4.81. The number of esters is 1. The van der Waals surface area contributed by atoms with E-state index in [-0.39, 0.29) is 5.56 Å². The predicted octanol–water partition coefficient (Wildman–Crippen LogP) is 3.11. The van der Waals surface area contributed by atoms with Crippen LogP contribution in [0.3, 0.4) is 0 Å². The number of carbonyl (C=O) groups is 1. The average Bonchev–Trinajstić information content (AvgIpc) is 3.24. The second-order valence-electron chi connectivity index (χ2n) is 6.94. The molecule has 0 aliphatic heterocycles. The maximum Gasteiger partial charge on any atom is 0.347 e. The Balaban J connectivity index is 1.64. The van der Waals surface area contributed by atoms with Gasteiger partial charge in [-0.3, -0.25) is 4.79 Å². The summed E-state index contributed by atoms with van der Waals surface area (Å²) in [7, 11) is 1.60. The highest BCUT2D eigenvalue weighted by atomic mass is 16.6. The zero-order chi connectivity index (χ0) is 22.7. The fourth-order valence-corrected chi connectivity index (χ4v) is 3.17. The summed E-state index contributed by atoms with van der Waals surface area (Å²) in [4.78, 5) is 31.8. The lowest BCUT2D eigenvalue weighted by molar-refractivity contribution is -0.150. The number of aromatic amines is 1. The molecule has 0 amide bonds. The largest absolute Gasteiger partial charge is 0.497 e. The van der Waals surface area contributed by atoms with Gasteiger partial charge in [0.25, 0.3) is 5.56 Å². The first-order chi connectivity index (χ1) is 15.5. The maximum absolute atomic E-state index is 12.6. The summed E-state index contributed by atoms with van der Waals surface area (Å²) in [6.45, 7) is 3.66. The van der Waals surface area contributed by atoms with Gasteiger partial charge in [-0.05, 0) is 62.4 Å². The first-order valence-electron chi connectivity index (χ1n) is 10.1. The first-order valence-corrected chi connectivity index (χ1v) is 10.1. The normalized spacial score (nSPS) is 11.8. The molecule has 0 bridgehead atoms. The Morgan fingerprint density at radius 1 is 1.09 bits per heavy atom. The number of aromatic nitrogens is 4. The maximum atomic E-state index is 12.6. The van der Waals surface area contributed by atoms with E-state index in [1.54, 1.807) is 49.9 Å². The average molecular weight is 434 g/mol. The molecule has 0 fully saturated rings. The molecule has 1 unspecified atom stereocenters. The van der Waals surface area contributed by atoms with Crippen LogP contribution in [0.5, 0.6) is 11.5 Å². The van der Waals surface area contributed by atoms with Crippen LogP contribution in [-0.4, -0.2) is 45.5 Å². The molecule has 2 heterocycles. The van der Waals surface area contributed by atoms with Crippen molar-refractivity contribution in [1.82, 2.24) is 19.7 Å². The van der Waals surface area contributed by atoms with Crippen molar-refractivity contribution in [1.29, 1.82) is 0 Å². The molecule has 1 atom stereocenters. The van der Waals surface area contributed by atoms with Crippen molar-refractivity contribution in [3.05, 3.63) is 65.1 Å². The van der Waals surface area contributed by atoms with Crippen LogP contribution in [0.15, 0.2) is 59.5 Å². The summed E-state index contributed by atoms with van der Waals surface area (Å²) < 4.78 is 17.3. The number of ether oxygens (including phenoxy) is 3. The third kappa shape index (κ3) is 4.18. The van der Waals surface area contributed by atoms with Gasteiger partial charge < -0.3 is 19.2 Å². The van der Waals surface area contributed by atoms with E-state index in [1.165, 1.54) is 6.20 Å². The molecule has 1 N–H and O–H groups in total. The minimum Gasteiger partial charge on any atom is -0.497 e. The van der Waals surface area contributed by atoms with Crippen LogP contribution in [0.25, 0.3) is 28.1 Å². The number of hydrogen-bond donors (Lipinski definition) is 1. The highest BCUT2D eigenvalue weighted by Gasteiger charge is 2.16. The van der Waals surface area contributed by atoms with Crippen LogP contribution in [0.2, 0.25) is 0 Å². The van der Waals surface area contributed by atoms with Gasteiger partial charge in [0.15, 0.2) is 11.8 Å². The van der Waals surface area contributed by atoms with Crippen molar-refractivity contribution in [2.45, 2.75) is 20.0 Å². The van der Waals surface area contributed by atoms with E-state index >= 15 is 0 Å². The Kier molecular flexibility index (Phi) is 5.89. The standard InChI is InChI=1S/C23H22N4O5/c1-4-31-23(29)14(2)32-18-9-5-15(6-10-18)20-25-21-19(22(28)26-20)13-24-27(21)16-7-11-17(30-3)12-8-16/h5-14H,4H2,1-3H3,(H,25,26,28). The van der Waals surface area contributed by atoms with Crippen molar-refractivity contribution in [3.8, 4) is 28.6 Å². The number of nitrogens with zero attached hydrogens (tertiary/aromatic N) is 3. The molecule has 4 rings (SSSR count). The molecule has 2 aromatic heterocycles. The van der Waals surface area contributed by atoms with Crippen molar-refractivity contribution < 1.29 is 19.0 Å². The van der Waals surface area contributed by atoms with E-state index in [2.05, 4.69) is 15.1 Å². The lowest BCUT2D eigenvalue weighted by atomic mass is 10.2. The van der Waals surface area contributed by atoms with E-state index < -0.39 is 12.1 Å². The molecular weight excluding hydrogens is 412 g/mol. The van der Waals surface area contributed by atoms with Gasteiger partial charge in [0.2, 0.25) is 0 Å². The molecule has 4 aromatic rings. The Morgan fingerprint density at radius 2 is 1.78 bits per heavy atom. The summed E-state index contributed by atoms with van der Waals surface area (Å²) in [5.41, 5.74) is 1.58. The van der Waals surface area contributed by atoms with Crippen LogP contribution in [0.4, 0.5) is 0 Å². The summed E-state index contributed by atoms with van der Waals surface area (Å²) in [6.07, 6.45) is 0.761. The van der Waals surface area contributed by atoms with Gasteiger partial charge in [-0.15, -0.1) is 0 Å². The fraction of sp³-hybridized carbons (Fsp3) is 0.217. The van der Waals surface area contributed by atoms with Gasteiger partial charge in [-0.2, -0.15) is 5.10 Å². The number of rotatable bonds is 7.